The van der Waals surface area contributed by atoms with Crippen LogP contribution in [0.1, 0.15) is 11.1 Å². The molecule has 0 bridgehead atoms. The number of rotatable bonds is 7. The highest BCUT2D eigenvalue weighted by atomic mass is 35.5. The van der Waals surface area contributed by atoms with Crippen molar-refractivity contribution in [3.63, 3.8) is 0 Å². The number of hydrogen-bond acceptors (Lipinski definition) is 2. The van der Waals surface area contributed by atoms with Gasteiger partial charge in [0.15, 0.2) is 0 Å². The van der Waals surface area contributed by atoms with Crippen LogP contribution >= 0.6 is 23.4 Å². The van der Waals surface area contributed by atoms with Crippen LogP contribution in [0.15, 0.2) is 48.5 Å². The van der Waals surface area contributed by atoms with Crippen LogP contribution in [-0.4, -0.2) is 18.2 Å². The third-order valence-electron chi connectivity index (χ3n) is 3.06. The maximum Gasteiger partial charge on any atom is 0.224 e. The zero-order chi connectivity index (χ0) is 15.8. The summed E-state index contributed by atoms with van der Waals surface area (Å²) in [5.74, 6) is 1.16. The lowest BCUT2D eigenvalue weighted by Crippen LogP contribution is -2.27. The van der Waals surface area contributed by atoms with Gasteiger partial charge in [0.2, 0.25) is 5.91 Å². The van der Waals surface area contributed by atoms with Crippen molar-refractivity contribution in [1.29, 1.82) is 0 Å². The molecule has 2 aromatic rings. The minimum absolute atomic E-state index is 0.0196. The van der Waals surface area contributed by atoms with Crippen molar-refractivity contribution >= 4 is 29.3 Å². The average Bonchev–Trinajstić information content (AvgIpc) is 2.51. The van der Waals surface area contributed by atoms with Gasteiger partial charge in [0.25, 0.3) is 0 Å². The standard InChI is InChI=1S/C17H17ClFNOS/c18-15-7-5-13(6-8-15)11-17(21)20-9-10-22-12-14-3-1-2-4-16(14)19/h1-8H,9-12H2,(H,20,21). The fourth-order valence-corrected chi connectivity index (χ4v) is 2.88. The summed E-state index contributed by atoms with van der Waals surface area (Å²) in [4.78, 5) is 11.8. The number of carbonyl (C=O) groups excluding carboxylic acids is 1. The van der Waals surface area contributed by atoms with E-state index >= 15 is 0 Å². The fraction of sp³-hybridized carbons (Fsp3) is 0.235. The lowest BCUT2D eigenvalue weighted by Gasteiger charge is -2.06. The zero-order valence-electron chi connectivity index (χ0n) is 12.0. The number of benzene rings is 2. The molecule has 0 saturated heterocycles. The summed E-state index contributed by atoms with van der Waals surface area (Å²) >= 11 is 7.40. The minimum Gasteiger partial charge on any atom is -0.355 e. The highest BCUT2D eigenvalue weighted by Gasteiger charge is 2.04. The number of carbonyl (C=O) groups is 1. The van der Waals surface area contributed by atoms with Crippen LogP contribution in [0.25, 0.3) is 0 Å². The van der Waals surface area contributed by atoms with Gasteiger partial charge >= 0.3 is 0 Å². The van der Waals surface area contributed by atoms with E-state index in [1.165, 1.54) is 6.07 Å². The molecule has 0 heterocycles. The average molecular weight is 338 g/mol. The van der Waals surface area contributed by atoms with E-state index in [1.54, 1.807) is 36.0 Å². The second kappa shape index (κ2) is 8.81. The van der Waals surface area contributed by atoms with Crippen LogP contribution < -0.4 is 5.32 Å². The molecule has 0 radical (unpaired) electrons. The summed E-state index contributed by atoms with van der Waals surface area (Å²) in [5.41, 5.74) is 1.63. The van der Waals surface area contributed by atoms with Crippen LogP contribution in [0.5, 0.6) is 0 Å². The molecule has 22 heavy (non-hydrogen) atoms. The molecule has 2 rings (SSSR count). The highest BCUT2D eigenvalue weighted by molar-refractivity contribution is 7.98. The number of hydrogen-bond donors (Lipinski definition) is 1. The molecule has 0 aliphatic rings. The Kier molecular flexibility index (Phi) is 6.74. The van der Waals surface area contributed by atoms with Gasteiger partial charge in [0, 0.05) is 23.1 Å². The summed E-state index contributed by atoms with van der Waals surface area (Å²) in [7, 11) is 0. The summed E-state index contributed by atoms with van der Waals surface area (Å²) in [5, 5.41) is 3.52. The first-order chi connectivity index (χ1) is 10.6. The molecule has 0 aromatic heterocycles. The van der Waals surface area contributed by atoms with Crippen LogP contribution in [-0.2, 0) is 17.0 Å². The van der Waals surface area contributed by atoms with Gasteiger partial charge in [-0.3, -0.25) is 4.79 Å². The van der Waals surface area contributed by atoms with Gasteiger partial charge in [-0.15, -0.1) is 0 Å². The van der Waals surface area contributed by atoms with Crippen molar-refractivity contribution in [3.05, 3.63) is 70.5 Å². The van der Waals surface area contributed by atoms with Gasteiger partial charge in [-0.25, -0.2) is 4.39 Å². The van der Waals surface area contributed by atoms with Crippen LogP contribution in [0, 0.1) is 5.82 Å². The second-order valence-corrected chi connectivity index (χ2v) is 6.34. The van der Waals surface area contributed by atoms with Crippen LogP contribution in [0.4, 0.5) is 4.39 Å². The zero-order valence-corrected chi connectivity index (χ0v) is 13.6. The topological polar surface area (TPSA) is 29.1 Å². The molecule has 0 spiro atoms. The van der Waals surface area contributed by atoms with Gasteiger partial charge in [-0.2, -0.15) is 11.8 Å². The quantitative estimate of drug-likeness (QED) is 0.772. The Balaban J connectivity index is 1.63. The van der Waals surface area contributed by atoms with E-state index in [1.807, 2.05) is 18.2 Å². The second-order valence-electron chi connectivity index (χ2n) is 4.80. The van der Waals surface area contributed by atoms with E-state index in [-0.39, 0.29) is 11.7 Å². The van der Waals surface area contributed by atoms with Crippen LogP contribution in [0.3, 0.4) is 0 Å². The Morgan fingerprint density at radius 2 is 1.86 bits per heavy atom. The van der Waals surface area contributed by atoms with E-state index in [0.29, 0.717) is 29.3 Å². The van der Waals surface area contributed by atoms with E-state index in [2.05, 4.69) is 5.32 Å². The lowest BCUT2D eigenvalue weighted by atomic mass is 10.1. The smallest absolute Gasteiger partial charge is 0.224 e. The Labute approximate surface area is 139 Å². The normalized spacial score (nSPS) is 10.5. The number of thioether (sulfide) groups is 1. The maximum atomic E-state index is 13.4. The van der Waals surface area contributed by atoms with Gasteiger partial charge in [-0.1, -0.05) is 41.9 Å². The predicted octanol–water partition coefficient (Wildman–Crippen LogP) is 4.07. The number of nitrogens with one attached hydrogen (secondary N) is 1. The third kappa shape index (κ3) is 5.70. The molecule has 0 aliphatic carbocycles. The van der Waals surface area contributed by atoms with Gasteiger partial charge in [0.05, 0.1) is 6.42 Å². The van der Waals surface area contributed by atoms with Crippen molar-refractivity contribution in [3.8, 4) is 0 Å². The summed E-state index contributed by atoms with van der Waals surface area (Å²) in [6.45, 7) is 0.575. The van der Waals surface area contributed by atoms with Crippen molar-refractivity contribution in [2.45, 2.75) is 12.2 Å². The molecule has 1 amide bonds. The Morgan fingerprint density at radius 1 is 1.14 bits per heavy atom. The first-order valence-corrected chi connectivity index (χ1v) is 8.51. The van der Waals surface area contributed by atoms with Crippen molar-refractivity contribution < 1.29 is 9.18 Å². The molecule has 1 N–H and O–H groups in total. The summed E-state index contributed by atoms with van der Waals surface area (Å²) in [6.07, 6.45) is 0.342. The Morgan fingerprint density at radius 3 is 2.59 bits per heavy atom. The van der Waals surface area contributed by atoms with Crippen molar-refractivity contribution in [2.75, 3.05) is 12.3 Å². The number of halogens is 2. The van der Waals surface area contributed by atoms with Crippen LogP contribution in [0.2, 0.25) is 5.02 Å². The molecular weight excluding hydrogens is 321 g/mol. The fourth-order valence-electron chi connectivity index (χ4n) is 1.91. The summed E-state index contributed by atoms with van der Waals surface area (Å²) < 4.78 is 13.4. The molecule has 0 unspecified atom stereocenters. The van der Waals surface area contributed by atoms with E-state index in [4.69, 9.17) is 11.6 Å². The van der Waals surface area contributed by atoms with Crippen molar-refractivity contribution in [1.82, 2.24) is 5.32 Å². The lowest BCUT2D eigenvalue weighted by molar-refractivity contribution is -0.120. The highest BCUT2D eigenvalue weighted by Crippen LogP contribution is 2.14. The molecule has 0 atom stereocenters. The van der Waals surface area contributed by atoms with Gasteiger partial charge < -0.3 is 5.32 Å². The third-order valence-corrected chi connectivity index (χ3v) is 4.32. The SMILES string of the molecule is O=C(Cc1ccc(Cl)cc1)NCCSCc1ccccc1F. The molecule has 0 fully saturated rings. The monoisotopic (exact) mass is 337 g/mol. The maximum absolute atomic E-state index is 13.4. The molecule has 0 saturated carbocycles. The first kappa shape index (κ1) is 16.8. The Bertz CT molecular complexity index is 618. The molecule has 116 valence electrons. The van der Waals surface area contributed by atoms with Gasteiger partial charge in [-0.05, 0) is 29.3 Å². The molecule has 2 aromatic carbocycles. The largest absolute Gasteiger partial charge is 0.355 e. The molecule has 2 nitrogen and oxygen atoms in total. The predicted molar refractivity (Wildman–Crippen MR) is 90.7 cm³/mol. The van der Waals surface area contributed by atoms with E-state index < -0.39 is 0 Å². The van der Waals surface area contributed by atoms with Crippen molar-refractivity contribution in [2.24, 2.45) is 0 Å². The molecular formula is C17H17ClFNOS. The van der Waals surface area contributed by atoms with Gasteiger partial charge in [0.1, 0.15) is 5.82 Å². The first-order valence-electron chi connectivity index (χ1n) is 6.97. The Hall–Kier alpha value is -1.52. The van der Waals surface area contributed by atoms with E-state index in [9.17, 15) is 9.18 Å². The van der Waals surface area contributed by atoms with E-state index in [0.717, 1.165) is 11.3 Å². The molecule has 5 heteroatoms. The number of amides is 1. The summed E-state index contributed by atoms with van der Waals surface area (Å²) in [6, 6.07) is 14.0. The molecule has 0 aliphatic heterocycles. The minimum atomic E-state index is -0.179.